The van der Waals surface area contributed by atoms with Crippen LogP contribution in [0.3, 0.4) is 0 Å². The normalized spacial score (nSPS) is 11.8. The summed E-state index contributed by atoms with van der Waals surface area (Å²) in [5.41, 5.74) is 4.84. The molecule has 3 heterocycles. The molecule has 5 aromatic rings. The molecule has 0 atom stereocenters. The predicted molar refractivity (Wildman–Crippen MR) is 104 cm³/mol. The van der Waals surface area contributed by atoms with Gasteiger partial charge in [0.05, 0.1) is 9.58 Å². The van der Waals surface area contributed by atoms with E-state index in [4.69, 9.17) is 4.98 Å². The smallest absolute Gasteiger partial charge is 0.241 e. The van der Waals surface area contributed by atoms with Crippen LogP contribution in [0.4, 0.5) is 0 Å². The van der Waals surface area contributed by atoms with Crippen LogP contribution in [-0.2, 0) is 7.05 Å². The van der Waals surface area contributed by atoms with Crippen molar-refractivity contribution in [2.45, 2.75) is 6.92 Å². The zero-order chi connectivity index (χ0) is 16.3. The Labute approximate surface area is 147 Å². The Morgan fingerprint density at radius 3 is 2.79 bits per heavy atom. The van der Waals surface area contributed by atoms with Crippen LogP contribution in [0.1, 0.15) is 5.56 Å². The van der Waals surface area contributed by atoms with Gasteiger partial charge < -0.3 is 0 Å². The van der Waals surface area contributed by atoms with E-state index in [0.29, 0.717) is 0 Å². The van der Waals surface area contributed by atoms with Crippen molar-refractivity contribution in [1.82, 2.24) is 4.98 Å². The lowest BCUT2D eigenvalue weighted by molar-refractivity contribution is -0.631. The first kappa shape index (κ1) is 14.1. The van der Waals surface area contributed by atoms with Crippen LogP contribution >= 0.6 is 22.7 Å². The quantitative estimate of drug-likeness (QED) is 0.368. The summed E-state index contributed by atoms with van der Waals surface area (Å²) >= 11 is 3.63. The maximum Gasteiger partial charge on any atom is 0.289 e. The fraction of sp³-hybridized carbons (Fsp3) is 0.100. The standard InChI is InChI=1S/C20H15N2S2/c1-12-14-6-4-3-5-13(14)7-8-15(12)17-11-21-18-16-9-10-23-20(16)24-19(18)22(17)2/h3-11H,1-2H3/q+1. The second-order valence-corrected chi connectivity index (χ2v) is 8.21. The topological polar surface area (TPSA) is 16.8 Å². The molecule has 2 nitrogen and oxygen atoms in total. The summed E-state index contributed by atoms with van der Waals surface area (Å²) in [4.78, 5) is 6.03. The number of aromatic nitrogens is 2. The lowest BCUT2D eigenvalue weighted by Crippen LogP contribution is -2.31. The van der Waals surface area contributed by atoms with Crippen LogP contribution in [-0.4, -0.2) is 4.98 Å². The van der Waals surface area contributed by atoms with E-state index in [1.807, 2.05) is 17.5 Å². The number of aryl methyl sites for hydroxylation is 2. The number of thiophene rings is 2. The van der Waals surface area contributed by atoms with Gasteiger partial charge in [0.1, 0.15) is 13.2 Å². The number of fused-ring (bicyclic) bond motifs is 4. The van der Waals surface area contributed by atoms with E-state index >= 15 is 0 Å². The van der Waals surface area contributed by atoms with Crippen molar-refractivity contribution < 1.29 is 4.57 Å². The molecule has 3 aromatic heterocycles. The van der Waals surface area contributed by atoms with E-state index in [1.165, 1.54) is 41.8 Å². The van der Waals surface area contributed by atoms with Crippen molar-refractivity contribution in [3.05, 3.63) is 59.6 Å². The van der Waals surface area contributed by atoms with Crippen molar-refractivity contribution in [2.75, 3.05) is 0 Å². The Hall–Kier alpha value is -2.30. The Bertz CT molecular complexity index is 1230. The highest BCUT2D eigenvalue weighted by atomic mass is 32.2. The summed E-state index contributed by atoms with van der Waals surface area (Å²) in [7, 11) is 2.15. The molecule has 0 bridgehead atoms. The fourth-order valence-corrected chi connectivity index (χ4v) is 5.59. The van der Waals surface area contributed by atoms with Crippen LogP contribution in [0, 0.1) is 6.92 Å². The lowest BCUT2D eigenvalue weighted by atomic mass is 9.98. The number of hydrogen-bond donors (Lipinski definition) is 0. The summed E-state index contributed by atoms with van der Waals surface area (Å²) in [6, 6.07) is 15.2. The molecule has 0 unspecified atom stereocenters. The lowest BCUT2D eigenvalue weighted by Gasteiger charge is -2.08. The molecule has 0 fully saturated rings. The third-order valence-corrected chi connectivity index (χ3v) is 7.04. The minimum absolute atomic E-state index is 1.11. The molecule has 0 saturated heterocycles. The first-order valence-electron chi connectivity index (χ1n) is 7.87. The fourth-order valence-electron chi connectivity index (χ4n) is 3.43. The van der Waals surface area contributed by atoms with Gasteiger partial charge >= 0.3 is 0 Å². The van der Waals surface area contributed by atoms with Gasteiger partial charge in [-0.3, -0.25) is 0 Å². The van der Waals surface area contributed by atoms with E-state index < -0.39 is 0 Å². The number of rotatable bonds is 1. The maximum absolute atomic E-state index is 4.80. The van der Waals surface area contributed by atoms with Gasteiger partial charge in [0.15, 0.2) is 5.52 Å². The molecule has 0 aliphatic heterocycles. The molecule has 5 rings (SSSR count). The van der Waals surface area contributed by atoms with Crippen molar-refractivity contribution in [2.24, 2.45) is 7.05 Å². The van der Waals surface area contributed by atoms with E-state index in [0.717, 1.165) is 5.52 Å². The molecule has 24 heavy (non-hydrogen) atoms. The molecule has 2 aromatic carbocycles. The molecule has 0 aliphatic rings. The highest BCUT2D eigenvalue weighted by molar-refractivity contribution is 7.40. The van der Waals surface area contributed by atoms with Crippen molar-refractivity contribution in [3.63, 3.8) is 0 Å². The van der Waals surface area contributed by atoms with Crippen molar-refractivity contribution >= 4 is 53.2 Å². The number of hydrogen-bond acceptors (Lipinski definition) is 3. The highest BCUT2D eigenvalue weighted by Gasteiger charge is 2.21. The summed E-state index contributed by atoms with van der Waals surface area (Å²) in [6.07, 6.45) is 2.02. The van der Waals surface area contributed by atoms with Crippen molar-refractivity contribution in [3.8, 4) is 11.3 Å². The van der Waals surface area contributed by atoms with E-state index in [2.05, 4.69) is 66.4 Å². The predicted octanol–water partition coefficient (Wildman–Crippen LogP) is 5.46. The molecule has 0 radical (unpaired) electrons. The van der Waals surface area contributed by atoms with Crippen LogP contribution < -0.4 is 4.57 Å². The second-order valence-electron chi connectivity index (χ2n) is 6.04. The Morgan fingerprint density at radius 2 is 1.88 bits per heavy atom. The van der Waals surface area contributed by atoms with E-state index in [1.54, 1.807) is 11.3 Å². The molecular weight excluding hydrogens is 332 g/mol. The molecular formula is C20H15N2S2+. The van der Waals surface area contributed by atoms with Gasteiger partial charge in [0.25, 0.3) is 4.83 Å². The van der Waals surface area contributed by atoms with Crippen LogP contribution in [0.2, 0.25) is 0 Å². The molecule has 0 aliphatic carbocycles. The number of nitrogens with zero attached hydrogens (tertiary/aromatic N) is 2. The van der Waals surface area contributed by atoms with E-state index in [-0.39, 0.29) is 0 Å². The van der Waals surface area contributed by atoms with Gasteiger partial charge in [-0.1, -0.05) is 41.7 Å². The summed E-state index contributed by atoms with van der Waals surface area (Å²) < 4.78 is 3.64. The van der Waals surface area contributed by atoms with E-state index in [9.17, 15) is 0 Å². The first-order valence-corrected chi connectivity index (χ1v) is 9.57. The molecule has 0 spiro atoms. The van der Waals surface area contributed by atoms with Crippen molar-refractivity contribution in [1.29, 1.82) is 0 Å². The molecule has 116 valence electrons. The summed E-state index contributed by atoms with van der Waals surface area (Å²) in [5.74, 6) is 0. The second kappa shape index (κ2) is 5.10. The SMILES string of the molecule is Cc1c(-c2cnc3c4ccsc4sc3[n+]2C)ccc2ccccc12. The maximum atomic E-state index is 4.80. The average Bonchev–Trinajstić information content (AvgIpc) is 3.18. The Kier molecular flexibility index (Phi) is 2.99. The average molecular weight is 347 g/mol. The molecule has 0 saturated carbocycles. The largest absolute Gasteiger partial charge is 0.289 e. The Balaban J connectivity index is 1.82. The summed E-state index contributed by atoms with van der Waals surface area (Å²) in [5, 5.41) is 6.01. The minimum Gasteiger partial charge on any atom is -0.241 e. The molecule has 0 amide bonds. The van der Waals surface area contributed by atoms with Crippen LogP contribution in [0.25, 0.3) is 41.8 Å². The number of benzene rings is 2. The molecule has 0 N–H and O–H groups in total. The third kappa shape index (κ3) is 1.87. The van der Waals surface area contributed by atoms with Crippen LogP contribution in [0.5, 0.6) is 0 Å². The molecule has 4 heteroatoms. The van der Waals surface area contributed by atoms with Gasteiger partial charge in [0.2, 0.25) is 5.69 Å². The monoisotopic (exact) mass is 347 g/mol. The zero-order valence-corrected chi connectivity index (χ0v) is 15.0. The van der Waals surface area contributed by atoms with Gasteiger partial charge in [-0.2, -0.15) is 4.57 Å². The van der Waals surface area contributed by atoms with Gasteiger partial charge in [0, 0.05) is 5.39 Å². The van der Waals surface area contributed by atoms with Gasteiger partial charge in [-0.15, -0.1) is 11.3 Å². The van der Waals surface area contributed by atoms with Gasteiger partial charge in [-0.05, 0) is 40.8 Å². The highest BCUT2D eigenvalue weighted by Crippen LogP contribution is 2.36. The van der Waals surface area contributed by atoms with Gasteiger partial charge in [-0.25, -0.2) is 4.98 Å². The minimum atomic E-state index is 1.11. The van der Waals surface area contributed by atoms with Crippen LogP contribution in [0.15, 0.2) is 54.0 Å². The Morgan fingerprint density at radius 1 is 1.00 bits per heavy atom. The summed E-state index contributed by atoms with van der Waals surface area (Å²) in [6.45, 7) is 2.20. The zero-order valence-electron chi connectivity index (χ0n) is 13.4. The first-order chi connectivity index (χ1) is 11.7. The third-order valence-electron chi connectivity index (χ3n) is 4.73.